The Morgan fingerprint density at radius 2 is 2.06 bits per heavy atom. The van der Waals surface area contributed by atoms with Gasteiger partial charge in [0.2, 0.25) is 0 Å². The lowest BCUT2D eigenvalue weighted by molar-refractivity contribution is 0.477. The van der Waals surface area contributed by atoms with E-state index in [1.807, 2.05) is 12.3 Å². The van der Waals surface area contributed by atoms with Crippen molar-refractivity contribution in [2.75, 3.05) is 18.1 Å². The van der Waals surface area contributed by atoms with Crippen LogP contribution in [0.25, 0.3) is 11.2 Å². The molecule has 4 nitrogen and oxygen atoms in total. The highest BCUT2D eigenvalue weighted by atomic mass is 79.9. The number of pyridine rings is 1. The number of piperidine rings is 1. The van der Waals surface area contributed by atoms with Gasteiger partial charge >= 0.3 is 0 Å². The lowest BCUT2D eigenvalue weighted by Gasteiger charge is -2.30. The lowest BCUT2D eigenvalue weighted by atomic mass is 10.2. The van der Waals surface area contributed by atoms with Gasteiger partial charge in [-0.15, -0.1) is 11.6 Å². The average Bonchev–Trinajstić information content (AvgIpc) is 2.77. The number of alkyl halides is 1. The Morgan fingerprint density at radius 1 is 1.28 bits per heavy atom. The number of halogens is 2. The topological polar surface area (TPSA) is 34.0 Å². The number of fused-ring (bicyclic) bond motifs is 1. The molecule has 3 heterocycles. The zero-order chi connectivity index (χ0) is 12.5. The summed E-state index contributed by atoms with van der Waals surface area (Å²) in [5, 5.41) is 2.30. The van der Waals surface area contributed by atoms with Gasteiger partial charge in [-0.25, -0.2) is 14.6 Å². The Balaban J connectivity index is 2.12. The molecule has 0 aromatic carbocycles. The molecule has 6 heteroatoms. The van der Waals surface area contributed by atoms with Crippen molar-refractivity contribution in [3.8, 4) is 0 Å². The average molecular weight is 330 g/mol. The summed E-state index contributed by atoms with van der Waals surface area (Å²) in [7, 11) is 0. The summed E-state index contributed by atoms with van der Waals surface area (Å²) in [6.07, 6.45) is 5.55. The number of imidazole rings is 1. The van der Waals surface area contributed by atoms with E-state index >= 15 is 0 Å². The molecule has 1 aliphatic rings. The van der Waals surface area contributed by atoms with Crippen molar-refractivity contribution in [3.05, 3.63) is 22.6 Å². The highest BCUT2D eigenvalue weighted by Gasteiger charge is 2.18. The van der Waals surface area contributed by atoms with E-state index in [1.165, 1.54) is 19.3 Å². The summed E-state index contributed by atoms with van der Waals surface area (Å²) in [4.78, 5) is 9.04. The lowest BCUT2D eigenvalue weighted by Crippen LogP contribution is -2.40. The first-order valence-corrected chi connectivity index (χ1v) is 7.46. The maximum atomic E-state index is 6.01. The maximum absolute atomic E-state index is 6.01. The van der Waals surface area contributed by atoms with Crippen LogP contribution in [0, 0.1) is 0 Å². The molecule has 0 aliphatic carbocycles. The van der Waals surface area contributed by atoms with Crippen molar-refractivity contribution in [2.45, 2.75) is 25.1 Å². The smallest absolute Gasteiger partial charge is 0.179 e. The van der Waals surface area contributed by atoms with Gasteiger partial charge in [-0.2, -0.15) is 0 Å². The minimum absolute atomic E-state index is 0.407. The molecule has 18 heavy (non-hydrogen) atoms. The van der Waals surface area contributed by atoms with E-state index in [4.69, 9.17) is 11.6 Å². The molecule has 2 aromatic rings. The molecule has 1 fully saturated rings. The van der Waals surface area contributed by atoms with Crippen LogP contribution in [0.4, 0.5) is 0 Å². The van der Waals surface area contributed by atoms with E-state index in [-0.39, 0.29) is 0 Å². The fourth-order valence-electron chi connectivity index (χ4n) is 2.44. The van der Waals surface area contributed by atoms with Crippen molar-refractivity contribution in [1.29, 1.82) is 0 Å². The molecule has 0 atom stereocenters. The minimum atomic E-state index is 0.407. The summed E-state index contributed by atoms with van der Waals surface area (Å²) in [5.41, 5.74) is 1.79. The molecular formula is C12H14BrClN4. The Bertz CT molecular complexity index is 562. The van der Waals surface area contributed by atoms with Gasteiger partial charge in [0.15, 0.2) is 5.65 Å². The Hall–Kier alpha value is -0.810. The van der Waals surface area contributed by atoms with Crippen LogP contribution < -0.4 is 5.01 Å². The number of hydrogen-bond acceptors (Lipinski definition) is 3. The Morgan fingerprint density at radius 3 is 2.78 bits per heavy atom. The first-order chi connectivity index (χ1) is 8.79. The molecule has 1 saturated heterocycles. The van der Waals surface area contributed by atoms with Gasteiger partial charge in [-0.1, -0.05) is 0 Å². The molecule has 0 unspecified atom stereocenters. The van der Waals surface area contributed by atoms with Gasteiger partial charge in [0, 0.05) is 23.8 Å². The van der Waals surface area contributed by atoms with Crippen LogP contribution in [0.3, 0.4) is 0 Å². The van der Waals surface area contributed by atoms with Crippen molar-refractivity contribution in [3.63, 3.8) is 0 Å². The maximum Gasteiger partial charge on any atom is 0.179 e. The largest absolute Gasteiger partial charge is 0.310 e. The second-order valence-electron chi connectivity index (χ2n) is 4.48. The molecule has 0 saturated carbocycles. The molecule has 96 valence electrons. The molecule has 0 radical (unpaired) electrons. The summed E-state index contributed by atoms with van der Waals surface area (Å²) < 4.78 is 3.04. The van der Waals surface area contributed by atoms with E-state index in [0.29, 0.717) is 5.88 Å². The van der Waals surface area contributed by atoms with Crippen LogP contribution in [0.5, 0.6) is 0 Å². The predicted molar refractivity (Wildman–Crippen MR) is 76.6 cm³/mol. The number of rotatable bonds is 2. The van der Waals surface area contributed by atoms with Gasteiger partial charge in [-0.05, 0) is 41.3 Å². The van der Waals surface area contributed by atoms with Gasteiger partial charge < -0.3 is 5.01 Å². The molecule has 0 amide bonds. The summed E-state index contributed by atoms with van der Waals surface area (Å²) in [6, 6.07) is 1.98. The van der Waals surface area contributed by atoms with E-state index in [0.717, 1.165) is 34.6 Å². The van der Waals surface area contributed by atoms with E-state index in [9.17, 15) is 0 Å². The van der Waals surface area contributed by atoms with E-state index in [1.54, 1.807) is 0 Å². The van der Waals surface area contributed by atoms with E-state index < -0.39 is 0 Å². The summed E-state index contributed by atoms with van der Waals surface area (Å²) in [5.74, 6) is 1.28. The number of hydrogen-bond donors (Lipinski definition) is 0. The van der Waals surface area contributed by atoms with Crippen LogP contribution in [0.15, 0.2) is 16.7 Å². The highest BCUT2D eigenvalue weighted by Crippen LogP contribution is 2.21. The number of nitrogens with zero attached hydrogens (tertiary/aromatic N) is 4. The fraction of sp³-hybridized carbons (Fsp3) is 0.500. The van der Waals surface area contributed by atoms with Crippen molar-refractivity contribution >= 4 is 38.7 Å². The SMILES string of the molecule is ClCc1nc2cc(Br)cnc2n1N1CCCCC1. The highest BCUT2D eigenvalue weighted by molar-refractivity contribution is 9.10. The molecule has 2 aromatic heterocycles. The first kappa shape index (κ1) is 12.2. The van der Waals surface area contributed by atoms with Crippen molar-refractivity contribution in [2.24, 2.45) is 0 Å². The van der Waals surface area contributed by atoms with Crippen LogP contribution in [0.1, 0.15) is 25.1 Å². The zero-order valence-electron chi connectivity index (χ0n) is 9.94. The van der Waals surface area contributed by atoms with E-state index in [2.05, 4.69) is 35.6 Å². The van der Waals surface area contributed by atoms with Gasteiger partial charge in [0.05, 0.1) is 5.88 Å². The molecule has 0 spiro atoms. The molecule has 0 bridgehead atoms. The van der Waals surface area contributed by atoms with Crippen molar-refractivity contribution in [1.82, 2.24) is 14.6 Å². The van der Waals surface area contributed by atoms with Gasteiger partial charge in [-0.3, -0.25) is 0 Å². The quantitative estimate of drug-likeness (QED) is 0.794. The normalized spacial score (nSPS) is 16.4. The molecular weight excluding hydrogens is 316 g/mol. The van der Waals surface area contributed by atoms with Crippen LogP contribution in [-0.4, -0.2) is 27.7 Å². The standard InChI is InChI=1S/C12H14BrClN4/c13-9-6-10-12(15-8-9)18(11(7-14)16-10)17-4-2-1-3-5-17/h6,8H,1-5,7H2. The van der Waals surface area contributed by atoms with Gasteiger partial charge in [0.1, 0.15) is 11.3 Å². The first-order valence-electron chi connectivity index (χ1n) is 6.13. The molecule has 1 aliphatic heterocycles. The number of aromatic nitrogens is 3. The van der Waals surface area contributed by atoms with Crippen LogP contribution >= 0.6 is 27.5 Å². The second kappa shape index (κ2) is 5.05. The summed E-state index contributed by atoms with van der Waals surface area (Å²) >= 11 is 9.44. The monoisotopic (exact) mass is 328 g/mol. The predicted octanol–water partition coefficient (Wildman–Crippen LogP) is 3.05. The fourth-order valence-corrected chi connectivity index (χ4v) is 2.93. The second-order valence-corrected chi connectivity index (χ2v) is 5.67. The summed E-state index contributed by atoms with van der Waals surface area (Å²) in [6.45, 7) is 2.10. The third kappa shape index (κ3) is 2.10. The zero-order valence-corrected chi connectivity index (χ0v) is 12.3. The Labute approximate surface area is 119 Å². The van der Waals surface area contributed by atoms with Crippen LogP contribution in [0.2, 0.25) is 0 Å². The Kier molecular flexibility index (Phi) is 3.43. The molecule has 0 N–H and O–H groups in total. The molecule has 3 rings (SSSR count). The van der Waals surface area contributed by atoms with Crippen LogP contribution in [-0.2, 0) is 5.88 Å². The third-order valence-corrected chi connectivity index (χ3v) is 3.92. The van der Waals surface area contributed by atoms with Crippen molar-refractivity contribution < 1.29 is 0 Å². The van der Waals surface area contributed by atoms with Gasteiger partial charge in [0.25, 0.3) is 0 Å². The minimum Gasteiger partial charge on any atom is -0.310 e. The third-order valence-electron chi connectivity index (χ3n) is 3.24.